The molecule has 2 N–H and O–H groups in total. The van der Waals surface area contributed by atoms with Crippen LogP contribution in [0.2, 0.25) is 0 Å². The highest BCUT2D eigenvalue weighted by molar-refractivity contribution is 5.78. The molecular weight excluding hydrogens is 216 g/mol. The normalized spacial score (nSPS) is 28.4. The van der Waals surface area contributed by atoms with Gasteiger partial charge in [0.15, 0.2) is 0 Å². The lowest BCUT2D eigenvalue weighted by molar-refractivity contribution is -0.120. The van der Waals surface area contributed by atoms with E-state index in [1.165, 1.54) is 19.4 Å². The molecule has 0 saturated carbocycles. The van der Waals surface area contributed by atoms with E-state index in [0.29, 0.717) is 12.6 Å². The molecule has 0 radical (unpaired) electrons. The van der Waals surface area contributed by atoms with Gasteiger partial charge >= 0.3 is 0 Å². The standard InChI is InChI=1S/C12H20N4O/c13-4-5-14-12(17)9-15-10-3-7-16-6-1-2-11(16)8-10/h10-11,15H,1-3,5-9H2,(H,14,17). The van der Waals surface area contributed by atoms with E-state index in [1.807, 2.05) is 6.07 Å². The van der Waals surface area contributed by atoms with E-state index < -0.39 is 0 Å². The zero-order valence-corrected chi connectivity index (χ0v) is 10.1. The summed E-state index contributed by atoms with van der Waals surface area (Å²) in [4.78, 5) is 13.9. The number of nitrogens with one attached hydrogen (secondary N) is 2. The van der Waals surface area contributed by atoms with E-state index in [-0.39, 0.29) is 12.5 Å². The number of hydrogen-bond acceptors (Lipinski definition) is 4. The summed E-state index contributed by atoms with van der Waals surface area (Å²) in [5.74, 6) is -0.0830. The Hall–Kier alpha value is -1.12. The van der Waals surface area contributed by atoms with Gasteiger partial charge in [-0.25, -0.2) is 0 Å². The molecule has 0 bridgehead atoms. The molecule has 2 fully saturated rings. The van der Waals surface area contributed by atoms with Crippen molar-refractivity contribution in [2.75, 3.05) is 26.2 Å². The van der Waals surface area contributed by atoms with Gasteiger partial charge in [-0.3, -0.25) is 4.79 Å². The molecule has 0 aromatic heterocycles. The molecule has 17 heavy (non-hydrogen) atoms. The maximum Gasteiger partial charge on any atom is 0.234 e. The van der Waals surface area contributed by atoms with Crippen LogP contribution in [-0.2, 0) is 4.79 Å². The summed E-state index contributed by atoms with van der Waals surface area (Å²) in [5, 5.41) is 14.2. The number of nitrogens with zero attached hydrogens (tertiary/aromatic N) is 2. The fraction of sp³-hybridized carbons (Fsp3) is 0.833. The third-order valence-electron chi connectivity index (χ3n) is 3.74. The Morgan fingerprint density at radius 1 is 1.41 bits per heavy atom. The highest BCUT2D eigenvalue weighted by Crippen LogP contribution is 2.26. The van der Waals surface area contributed by atoms with Crippen LogP contribution in [0.3, 0.4) is 0 Å². The molecular formula is C12H20N4O. The highest BCUT2D eigenvalue weighted by atomic mass is 16.1. The summed E-state index contributed by atoms with van der Waals surface area (Å²) in [6.07, 6.45) is 4.91. The Balaban J connectivity index is 1.66. The Bertz CT molecular complexity index is 312. The fourth-order valence-corrected chi connectivity index (χ4v) is 2.85. The van der Waals surface area contributed by atoms with Gasteiger partial charge in [0, 0.05) is 12.1 Å². The Labute approximate surface area is 102 Å². The van der Waals surface area contributed by atoms with Crippen LogP contribution in [0.4, 0.5) is 0 Å². The van der Waals surface area contributed by atoms with E-state index >= 15 is 0 Å². The maximum atomic E-state index is 11.3. The zero-order chi connectivity index (χ0) is 12.1. The first-order valence-electron chi connectivity index (χ1n) is 6.40. The van der Waals surface area contributed by atoms with Crippen molar-refractivity contribution < 1.29 is 4.79 Å². The van der Waals surface area contributed by atoms with Crippen LogP contribution in [0.15, 0.2) is 0 Å². The van der Waals surface area contributed by atoms with Crippen molar-refractivity contribution in [2.24, 2.45) is 0 Å². The van der Waals surface area contributed by atoms with Crippen molar-refractivity contribution in [3.05, 3.63) is 0 Å². The van der Waals surface area contributed by atoms with E-state index in [4.69, 9.17) is 5.26 Å². The smallest absolute Gasteiger partial charge is 0.234 e. The van der Waals surface area contributed by atoms with E-state index in [0.717, 1.165) is 25.4 Å². The molecule has 0 aliphatic carbocycles. The van der Waals surface area contributed by atoms with Gasteiger partial charge in [0.05, 0.1) is 12.6 Å². The SMILES string of the molecule is N#CCNC(=O)CNC1CCN2CCCC2C1. The molecule has 0 aromatic rings. The minimum absolute atomic E-state index is 0.0830. The molecule has 5 nitrogen and oxygen atoms in total. The molecule has 2 rings (SSSR count). The first kappa shape index (κ1) is 12.3. The van der Waals surface area contributed by atoms with Gasteiger partial charge in [0.1, 0.15) is 6.54 Å². The molecule has 2 unspecified atom stereocenters. The van der Waals surface area contributed by atoms with Crippen molar-refractivity contribution in [1.82, 2.24) is 15.5 Å². The first-order chi connectivity index (χ1) is 8.29. The Morgan fingerprint density at radius 2 is 2.29 bits per heavy atom. The van der Waals surface area contributed by atoms with Crippen LogP contribution in [0, 0.1) is 11.3 Å². The zero-order valence-electron chi connectivity index (χ0n) is 10.1. The molecule has 0 aromatic carbocycles. The van der Waals surface area contributed by atoms with Gasteiger partial charge in [-0.2, -0.15) is 5.26 Å². The molecule has 1 amide bonds. The number of hydrogen-bond donors (Lipinski definition) is 2. The lowest BCUT2D eigenvalue weighted by atomic mass is 9.97. The quantitative estimate of drug-likeness (QED) is 0.666. The van der Waals surface area contributed by atoms with Crippen LogP contribution in [0.1, 0.15) is 25.7 Å². The van der Waals surface area contributed by atoms with Gasteiger partial charge in [-0.05, 0) is 38.8 Å². The Morgan fingerprint density at radius 3 is 3.12 bits per heavy atom. The van der Waals surface area contributed by atoms with E-state index in [2.05, 4.69) is 15.5 Å². The van der Waals surface area contributed by atoms with Crippen LogP contribution in [0.5, 0.6) is 0 Å². The summed E-state index contributed by atoms with van der Waals surface area (Å²) in [7, 11) is 0. The number of rotatable bonds is 4. The number of carbonyl (C=O) groups is 1. The molecule has 2 aliphatic heterocycles. The van der Waals surface area contributed by atoms with Crippen molar-refractivity contribution in [3.8, 4) is 6.07 Å². The van der Waals surface area contributed by atoms with Crippen molar-refractivity contribution >= 4 is 5.91 Å². The lowest BCUT2D eigenvalue weighted by Gasteiger charge is -2.35. The summed E-state index contributed by atoms with van der Waals surface area (Å²) in [6.45, 7) is 2.84. The highest BCUT2D eigenvalue weighted by Gasteiger charge is 2.31. The molecule has 2 saturated heterocycles. The summed E-state index contributed by atoms with van der Waals surface area (Å²) in [6, 6.07) is 3.09. The van der Waals surface area contributed by atoms with Crippen molar-refractivity contribution in [3.63, 3.8) is 0 Å². The second-order valence-electron chi connectivity index (χ2n) is 4.87. The third-order valence-corrected chi connectivity index (χ3v) is 3.74. The molecule has 2 heterocycles. The minimum atomic E-state index is -0.0830. The van der Waals surface area contributed by atoms with Gasteiger partial charge in [-0.15, -0.1) is 0 Å². The number of nitriles is 1. The van der Waals surface area contributed by atoms with Crippen LogP contribution in [0.25, 0.3) is 0 Å². The molecule has 0 spiro atoms. The number of fused-ring (bicyclic) bond motifs is 1. The number of carbonyl (C=O) groups excluding carboxylic acids is 1. The van der Waals surface area contributed by atoms with Gasteiger partial charge in [0.25, 0.3) is 0 Å². The maximum absolute atomic E-state index is 11.3. The molecule has 2 aliphatic rings. The van der Waals surface area contributed by atoms with Crippen LogP contribution in [-0.4, -0.2) is 49.1 Å². The fourth-order valence-electron chi connectivity index (χ4n) is 2.85. The van der Waals surface area contributed by atoms with E-state index in [9.17, 15) is 4.79 Å². The second-order valence-corrected chi connectivity index (χ2v) is 4.87. The summed E-state index contributed by atoms with van der Waals surface area (Å²) < 4.78 is 0. The summed E-state index contributed by atoms with van der Waals surface area (Å²) >= 11 is 0. The molecule has 2 atom stereocenters. The van der Waals surface area contributed by atoms with Crippen LogP contribution < -0.4 is 10.6 Å². The second kappa shape index (κ2) is 5.99. The van der Waals surface area contributed by atoms with Gasteiger partial charge < -0.3 is 15.5 Å². The lowest BCUT2D eigenvalue weighted by Crippen LogP contribution is -2.48. The topological polar surface area (TPSA) is 68.2 Å². The average Bonchev–Trinajstić information content (AvgIpc) is 2.81. The van der Waals surface area contributed by atoms with Crippen molar-refractivity contribution in [2.45, 2.75) is 37.8 Å². The molecule has 94 valence electrons. The summed E-state index contributed by atoms with van der Waals surface area (Å²) in [5.41, 5.74) is 0. The van der Waals surface area contributed by atoms with Gasteiger partial charge in [0.2, 0.25) is 5.91 Å². The monoisotopic (exact) mass is 236 g/mol. The first-order valence-corrected chi connectivity index (χ1v) is 6.40. The number of piperidine rings is 1. The average molecular weight is 236 g/mol. The van der Waals surface area contributed by atoms with Crippen molar-refractivity contribution in [1.29, 1.82) is 5.26 Å². The third kappa shape index (κ3) is 3.42. The minimum Gasteiger partial charge on any atom is -0.342 e. The Kier molecular flexibility index (Phi) is 4.35. The predicted molar refractivity (Wildman–Crippen MR) is 64.2 cm³/mol. The van der Waals surface area contributed by atoms with Gasteiger partial charge in [-0.1, -0.05) is 0 Å². The van der Waals surface area contributed by atoms with Crippen LogP contribution >= 0.6 is 0 Å². The van der Waals surface area contributed by atoms with E-state index in [1.54, 1.807) is 0 Å². The molecule has 5 heteroatoms. The number of amides is 1. The predicted octanol–water partition coefficient (Wildman–Crippen LogP) is -0.157. The largest absolute Gasteiger partial charge is 0.342 e.